The number of anilines is 3. The molecule has 0 saturated carbocycles. The van der Waals surface area contributed by atoms with Crippen LogP contribution in [-0.2, 0) is 6.18 Å². The summed E-state index contributed by atoms with van der Waals surface area (Å²) in [6, 6.07) is 3.54. The third-order valence-corrected chi connectivity index (χ3v) is 2.44. The van der Waals surface area contributed by atoms with E-state index in [1.807, 2.05) is 0 Å². The monoisotopic (exact) mass is 286 g/mol. The zero-order chi connectivity index (χ0) is 14.8. The number of nitrogens with zero attached hydrogens (tertiary/aromatic N) is 2. The minimum absolute atomic E-state index is 0.183. The molecule has 2 rings (SSSR count). The fourth-order valence-electron chi connectivity index (χ4n) is 1.48. The smallest absolute Gasteiger partial charge is 0.357 e. The van der Waals surface area contributed by atoms with Crippen LogP contribution in [0.25, 0.3) is 0 Å². The quantitative estimate of drug-likeness (QED) is 0.849. The fourth-order valence-corrected chi connectivity index (χ4v) is 1.48. The van der Waals surface area contributed by atoms with Gasteiger partial charge in [0.1, 0.15) is 11.6 Å². The lowest BCUT2D eigenvalue weighted by atomic mass is 10.2. The van der Waals surface area contributed by atoms with Crippen LogP contribution in [0.1, 0.15) is 5.56 Å². The Bertz CT molecular complexity index is 613. The van der Waals surface area contributed by atoms with Crippen LogP contribution in [-0.4, -0.2) is 17.0 Å². The van der Waals surface area contributed by atoms with Crippen molar-refractivity contribution in [2.45, 2.75) is 6.18 Å². The molecule has 8 heteroatoms. The highest BCUT2D eigenvalue weighted by molar-refractivity contribution is 5.58. The minimum atomic E-state index is -4.54. The van der Waals surface area contributed by atoms with Crippen LogP contribution in [0.5, 0.6) is 0 Å². The van der Waals surface area contributed by atoms with Crippen LogP contribution in [0.15, 0.2) is 30.5 Å². The number of halogens is 4. The summed E-state index contributed by atoms with van der Waals surface area (Å²) in [6.07, 6.45) is -3.14. The van der Waals surface area contributed by atoms with Crippen molar-refractivity contribution in [3.05, 3.63) is 41.8 Å². The lowest BCUT2D eigenvalue weighted by molar-refractivity contribution is -0.137. The fraction of sp³-hybridized carbons (Fsp3) is 0.167. The highest BCUT2D eigenvalue weighted by Crippen LogP contribution is 2.32. The van der Waals surface area contributed by atoms with Crippen LogP contribution in [0.4, 0.5) is 35.0 Å². The average molecular weight is 286 g/mol. The van der Waals surface area contributed by atoms with E-state index >= 15 is 0 Å². The van der Waals surface area contributed by atoms with Crippen molar-refractivity contribution in [2.75, 3.05) is 17.7 Å². The van der Waals surface area contributed by atoms with Gasteiger partial charge in [-0.2, -0.15) is 18.2 Å². The van der Waals surface area contributed by atoms with Gasteiger partial charge >= 0.3 is 6.18 Å². The molecule has 2 N–H and O–H groups in total. The third-order valence-electron chi connectivity index (χ3n) is 2.44. The van der Waals surface area contributed by atoms with Crippen LogP contribution in [0, 0.1) is 5.82 Å². The summed E-state index contributed by atoms with van der Waals surface area (Å²) in [5, 5.41) is 5.16. The molecule has 0 aliphatic rings. The summed E-state index contributed by atoms with van der Waals surface area (Å²) in [5.41, 5.74) is -1.25. The molecule has 1 aromatic heterocycles. The van der Waals surface area contributed by atoms with Gasteiger partial charge in [-0.1, -0.05) is 0 Å². The van der Waals surface area contributed by atoms with Crippen LogP contribution < -0.4 is 10.6 Å². The van der Waals surface area contributed by atoms with Crippen LogP contribution in [0.2, 0.25) is 0 Å². The summed E-state index contributed by atoms with van der Waals surface area (Å²) in [7, 11) is 1.59. The van der Waals surface area contributed by atoms with Crippen molar-refractivity contribution in [1.82, 2.24) is 9.97 Å². The SMILES string of the molecule is CNc1nccc(Nc2cc(C(F)(F)F)ccc2F)n1. The van der Waals surface area contributed by atoms with E-state index in [0.717, 1.165) is 6.07 Å². The number of rotatable bonds is 3. The van der Waals surface area contributed by atoms with E-state index in [1.54, 1.807) is 7.05 Å². The Kier molecular flexibility index (Phi) is 3.73. The summed E-state index contributed by atoms with van der Waals surface area (Å²) in [6.45, 7) is 0. The first-order valence-corrected chi connectivity index (χ1v) is 5.54. The lowest BCUT2D eigenvalue weighted by Gasteiger charge is -2.11. The van der Waals surface area contributed by atoms with Gasteiger partial charge in [-0.3, -0.25) is 0 Å². The molecule has 0 aliphatic carbocycles. The first-order valence-electron chi connectivity index (χ1n) is 5.54. The van der Waals surface area contributed by atoms with Crippen LogP contribution >= 0.6 is 0 Å². The Hall–Kier alpha value is -2.38. The maximum Gasteiger partial charge on any atom is 0.416 e. The van der Waals surface area contributed by atoms with Crippen molar-refractivity contribution in [3.63, 3.8) is 0 Å². The topological polar surface area (TPSA) is 49.8 Å². The molecule has 0 spiro atoms. The number of hydrogen-bond donors (Lipinski definition) is 2. The van der Waals surface area contributed by atoms with E-state index in [2.05, 4.69) is 20.6 Å². The van der Waals surface area contributed by atoms with Crippen LogP contribution in [0.3, 0.4) is 0 Å². The van der Waals surface area contributed by atoms with Crippen molar-refractivity contribution >= 4 is 17.5 Å². The molecule has 0 atom stereocenters. The molecule has 1 aromatic carbocycles. The molecule has 0 amide bonds. The number of nitrogens with one attached hydrogen (secondary N) is 2. The van der Waals surface area contributed by atoms with Crippen molar-refractivity contribution in [1.29, 1.82) is 0 Å². The van der Waals surface area contributed by atoms with E-state index in [-0.39, 0.29) is 17.5 Å². The molecule has 0 radical (unpaired) electrons. The Morgan fingerprint density at radius 1 is 1.15 bits per heavy atom. The number of benzene rings is 1. The molecular formula is C12H10F4N4. The van der Waals surface area contributed by atoms with Gasteiger partial charge in [0.15, 0.2) is 0 Å². The van der Waals surface area contributed by atoms with Gasteiger partial charge < -0.3 is 10.6 Å². The van der Waals surface area contributed by atoms with Gasteiger partial charge in [0.2, 0.25) is 5.95 Å². The summed E-state index contributed by atoms with van der Waals surface area (Å²) >= 11 is 0. The zero-order valence-corrected chi connectivity index (χ0v) is 10.3. The first kappa shape index (κ1) is 14.0. The second-order valence-electron chi connectivity index (χ2n) is 3.83. The van der Waals surface area contributed by atoms with E-state index in [4.69, 9.17) is 0 Å². The first-order chi connectivity index (χ1) is 9.40. The van der Waals surface area contributed by atoms with Gasteiger partial charge in [-0.05, 0) is 24.3 Å². The Labute approximate surface area is 111 Å². The van der Waals surface area contributed by atoms with E-state index in [9.17, 15) is 17.6 Å². The second kappa shape index (κ2) is 5.32. The molecule has 20 heavy (non-hydrogen) atoms. The summed E-state index contributed by atoms with van der Waals surface area (Å²) < 4.78 is 51.3. The minimum Gasteiger partial charge on any atom is -0.357 e. The summed E-state index contributed by atoms with van der Waals surface area (Å²) in [4.78, 5) is 7.78. The van der Waals surface area contributed by atoms with Gasteiger partial charge in [0, 0.05) is 13.2 Å². The second-order valence-corrected chi connectivity index (χ2v) is 3.83. The molecule has 1 heterocycles. The highest BCUT2D eigenvalue weighted by Gasteiger charge is 2.31. The van der Waals surface area contributed by atoms with Gasteiger partial charge in [0.25, 0.3) is 0 Å². The Balaban J connectivity index is 2.32. The van der Waals surface area contributed by atoms with Crippen molar-refractivity contribution in [2.24, 2.45) is 0 Å². The molecule has 0 saturated heterocycles. The lowest BCUT2D eigenvalue weighted by Crippen LogP contribution is -2.07. The normalized spacial score (nSPS) is 11.2. The van der Waals surface area contributed by atoms with Crippen molar-refractivity contribution < 1.29 is 17.6 Å². The predicted molar refractivity (Wildman–Crippen MR) is 66.3 cm³/mol. The molecular weight excluding hydrogens is 276 g/mol. The van der Waals surface area contributed by atoms with E-state index in [0.29, 0.717) is 12.1 Å². The zero-order valence-electron chi connectivity index (χ0n) is 10.3. The number of hydrogen-bond acceptors (Lipinski definition) is 4. The number of aromatic nitrogens is 2. The molecule has 0 fully saturated rings. The van der Waals surface area contributed by atoms with Gasteiger partial charge in [-0.25, -0.2) is 9.37 Å². The molecule has 0 aliphatic heterocycles. The molecule has 0 bridgehead atoms. The maximum atomic E-state index is 13.5. The van der Waals surface area contributed by atoms with Gasteiger partial charge in [0.05, 0.1) is 11.3 Å². The molecule has 2 aromatic rings. The summed E-state index contributed by atoms with van der Waals surface area (Å²) in [5.74, 6) is -0.354. The standard InChI is InChI=1S/C12H10F4N4/c1-17-11-18-5-4-10(20-11)19-9-6-7(12(14,15)16)2-3-8(9)13/h2-6H,1H3,(H2,17,18,19,20). The maximum absolute atomic E-state index is 13.5. The largest absolute Gasteiger partial charge is 0.416 e. The Morgan fingerprint density at radius 2 is 1.90 bits per heavy atom. The highest BCUT2D eigenvalue weighted by atomic mass is 19.4. The van der Waals surface area contributed by atoms with Crippen molar-refractivity contribution in [3.8, 4) is 0 Å². The van der Waals surface area contributed by atoms with E-state index in [1.165, 1.54) is 12.3 Å². The third kappa shape index (κ3) is 3.14. The molecule has 106 valence electrons. The van der Waals surface area contributed by atoms with Gasteiger partial charge in [-0.15, -0.1) is 0 Å². The number of alkyl halides is 3. The Morgan fingerprint density at radius 3 is 2.55 bits per heavy atom. The molecule has 0 unspecified atom stereocenters. The predicted octanol–water partition coefficient (Wildman–Crippen LogP) is 3.42. The molecule has 4 nitrogen and oxygen atoms in total. The average Bonchev–Trinajstić information content (AvgIpc) is 2.40. The van der Waals surface area contributed by atoms with E-state index < -0.39 is 17.6 Å².